The smallest absolute Gasteiger partial charge is 0.245 e. The molecular formula is C23H28N6O5S. The lowest BCUT2D eigenvalue weighted by Crippen LogP contribution is -2.49. The molecule has 0 atom stereocenters. The van der Waals surface area contributed by atoms with E-state index in [-0.39, 0.29) is 27.7 Å². The van der Waals surface area contributed by atoms with Gasteiger partial charge in [0.05, 0.1) is 0 Å². The third-order valence-electron chi connectivity index (χ3n) is 7.76. The number of piperidine rings is 2. The lowest BCUT2D eigenvalue weighted by molar-refractivity contribution is -0.138. The summed E-state index contributed by atoms with van der Waals surface area (Å²) in [5.74, 6) is 1.86. The van der Waals surface area contributed by atoms with Crippen LogP contribution in [-0.2, 0) is 20.2 Å². The number of carbonyl (C=O) groups excluding carboxylic acids is 1. The van der Waals surface area contributed by atoms with E-state index in [9.17, 15) is 13.2 Å². The molecular weight excluding hydrogens is 472 g/mol. The molecule has 186 valence electrons. The highest BCUT2D eigenvalue weighted by atomic mass is 32.2. The van der Waals surface area contributed by atoms with Crippen LogP contribution in [0, 0.1) is 5.92 Å². The lowest BCUT2D eigenvalue weighted by Gasteiger charge is -2.40. The third-order valence-corrected chi connectivity index (χ3v) is 9.69. The Labute approximate surface area is 202 Å². The molecule has 0 radical (unpaired) electrons. The SMILES string of the molecule is CC1(c2noc(C3CC3)n2)CCN(C(=O)C2CCN(S(=O)(=O)c3cccc4nonc34)CC2)CC1. The molecule has 3 fully saturated rings. The van der Waals surface area contributed by atoms with Crippen LogP contribution in [0.4, 0.5) is 0 Å². The maximum Gasteiger partial charge on any atom is 0.245 e. The fourth-order valence-corrected chi connectivity index (χ4v) is 6.76. The molecule has 6 rings (SSSR count). The van der Waals surface area contributed by atoms with Crippen LogP contribution in [0.25, 0.3) is 11.0 Å². The van der Waals surface area contributed by atoms with Crippen LogP contribution >= 0.6 is 0 Å². The summed E-state index contributed by atoms with van der Waals surface area (Å²) in [6, 6.07) is 4.80. The molecule has 2 aromatic heterocycles. The fourth-order valence-electron chi connectivity index (χ4n) is 5.15. The second-order valence-electron chi connectivity index (χ2n) is 10.2. The van der Waals surface area contributed by atoms with Crippen LogP contribution in [0.5, 0.6) is 0 Å². The summed E-state index contributed by atoms with van der Waals surface area (Å²) in [6.45, 7) is 4.01. The van der Waals surface area contributed by atoms with Crippen LogP contribution in [-0.4, -0.2) is 70.2 Å². The Balaban J connectivity index is 1.07. The van der Waals surface area contributed by atoms with Crippen molar-refractivity contribution in [2.45, 2.75) is 61.7 Å². The molecule has 0 spiro atoms. The Morgan fingerprint density at radius 1 is 1.03 bits per heavy atom. The van der Waals surface area contributed by atoms with Crippen molar-refractivity contribution in [1.82, 2.24) is 29.7 Å². The highest BCUT2D eigenvalue weighted by molar-refractivity contribution is 7.89. The molecule has 1 aliphatic carbocycles. The van der Waals surface area contributed by atoms with Crippen LogP contribution in [0.1, 0.15) is 63.1 Å². The standard InChI is InChI=1S/C23H28N6O5S/c1-23(22-24-20(33-27-22)15-5-6-15)9-13-28(14-10-23)21(30)16-7-11-29(12-8-16)35(31,32)18-4-2-3-17-19(18)26-34-25-17/h2-4,15-16H,5-14H2,1H3. The molecule has 1 saturated carbocycles. The number of amides is 1. The van der Waals surface area contributed by atoms with Gasteiger partial charge in [0, 0.05) is 43.4 Å². The van der Waals surface area contributed by atoms with E-state index in [2.05, 4.69) is 27.4 Å². The van der Waals surface area contributed by atoms with Gasteiger partial charge in [0.15, 0.2) is 11.3 Å². The summed E-state index contributed by atoms with van der Waals surface area (Å²) >= 11 is 0. The van der Waals surface area contributed by atoms with Crippen molar-refractivity contribution in [3.8, 4) is 0 Å². The predicted molar refractivity (Wildman–Crippen MR) is 123 cm³/mol. The van der Waals surface area contributed by atoms with Crippen molar-refractivity contribution in [3.63, 3.8) is 0 Å². The number of likely N-dealkylation sites (tertiary alicyclic amines) is 1. The lowest BCUT2D eigenvalue weighted by atomic mass is 9.79. The molecule has 3 aromatic rings. The van der Waals surface area contributed by atoms with Crippen LogP contribution in [0.15, 0.2) is 32.2 Å². The van der Waals surface area contributed by atoms with Gasteiger partial charge in [-0.05, 0) is 61.0 Å². The molecule has 12 heteroatoms. The first-order chi connectivity index (χ1) is 16.8. The van der Waals surface area contributed by atoms with E-state index >= 15 is 0 Å². The minimum atomic E-state index is -3.76. The zero-order chi connectivity index (χ0) is 24.2. The number of hydrogen-bond acceptors (Lipinski definition) is 9. The second-order valence-corrected chi connectivity index (χ2v) is 12.1. The van der Waals surface area contributed by atoms with E-state index in [1.807, 2.05) is 4.90 Å². The van der Waals surface area contributed by atoms with Crippen molar-refractivity contribution in [2.75, 3.05) is 26.2 Å². The number of benzene rings is 1. The summed E-state index contributed by atoms with van der Waals surface area (Å²) in [6.07, 6.45) is 4.79. The molecule has 11 nitrogen and oxygen atoms in total. The van der Waals surface area contributed by atoms with E-state index in [0.29, 0.717) is 50.5 Å². The van der Waals surface area contributed by atoms with Crippen LogP contribution in [0.3, 0.4) is 0 Å². The van der Waals surface area contributed by atoms with Crippen molar-refractivity contribution in [3.05, 3.63) is 29.9 Å². The first-order valence-electron chi connectivity index (χ1n) is 12.2. The Bertz CT molecular complexity index is 1350. The van der Waals surface area contributed by atoms with Gasteiger partial charge in [0.2, 0.25) is 21.8 Å². The molecule has 35 heavy (non-hydrogen) atoms. The predicted octanol–water partition coefficient (Wildman–Crippen LogP) is 2.46. The molecule has 0 bridgehead atoms. The second kappa shape index (κ2) is 8.37. The molecule has 0 unspecified atom stereocenters. The summed E-state index contributed by atoms with van der Waals surface area (Å²) in [7, 11) is -3.76. The summed E-state index contributed by atoms with van der Waals surface area (Å²) in [5.41, 5.74) is 0.438. The average Bonchev–Trinajstić information content (AvgIpc) is 3.39. The minimum absolute atomic E-state index is 0.0858. The van der Waals surface area contributed by atoms with Gasteiger partial charge in [-0.15, -0.1) is 0 Å². The van der Waals surface area contributed by atoms with E-state index < -0.39 is 10.0 Å². The quantitative estimate of drug-likeness (QED) is 0.517. The van der Waals surface area contributed by atoms with Crippen molar-refractivity contribution < 1.29 is 22.4 Å². The molecule has 3 aliphatic rings. The number of rotatable bonds is 5. The molecule has 2 aliphatic heterocycles. The summed E-state index contributed by atoms with van der Waals surface area (Å²) in [4.78, 5) is 19.9. The number of carbonyl (C=O) groups is 1. The van der Waals surface area contributed by atoms with Crippen molar-refractivity contribution in [1.29, 1.82) is 0 Å². The Morgan fingerprint density at radius 2 is 1.77 bits per heavy atom. The molecule has 2 saturated heterocycles. The number of nitrogens with zero attached hydrogens (tertiary/aromatic N) is 6. The van der Waals surface area contributed by atoms with Gasteiger partial charge in [0.25, 0.3) is 0 Å². The van der Waals surface area contributed by atoms with Gasteiger partial charge in [-0.1, -0.05) is 18.1 Å². The summed E-state index contributed by atoms with van der Waals surface area (Å²) in [5, 5.41) is 11.7. The molecule has 1 aromatic carbocycles. The first-order valence-corrected chi connectivity index (χ1v) is 13.6. The van der Waals surface area contributed by atoms with Crippen LogP contribution < -0.4 is 0 Å². The average molecular weight is 501 g/mol. The maximum atomic E-state index is 13.2. The summed E-state index contributed by atoms with van der Waals surface area (Å²) < 4.78 is 38.1. The normalized spacial score (nSPS) is 22.0. The molecule has 0 N–H and O–H groups in total. The van der Waals surface area contributed by atoms with Gasteiger partial charge in [-0.3, -0.25) is 4.79 Å². The van der Waals surface area contributed by atoms with Crippen molar-refractivity contribution in [2.24, 2.45) is 5.92 Å². The van der Waals surface area contributed by atoms with E-state index in [4.69, 9.17) is 9.15 Å². The van der Waals surface area contributed by atoms with Gasteiger partial charge in [-0.2, -0.15) is 9.29 Å². The monoisotopic (exact) mass is 500 g/mol. The molecule has 4 heterocycles. The van der Waals surface area contributed by atoms with Gasteiger partial charge in [-0.25, -0.2) is 13.0 Å². The Kier molecular flexibility index (Phi) is 5.40. The highest BCUT2D eigenvalue weighted by Crippen LogP contribution is 2.41. The van der Waals surface area contributed by atoms with Crippen molar-refractivity contribution >= 4 is 27.0 Å². The van der Waals surface area contributed by atoms with E-state index in [1.54, 1.807) is 12.1 Å². The maximum absolute atomic E-state index is 13.2. The topological polar surface area (TPSA) is 136 Å². The number of hydrogen-bond donors (Lipinski definition) is 0. The Morgan fingerprint density at radius 3 is 2.49 bits per heavy atom. The minimum Gasteiger partial charge on any atom is -0.342 e. The van der Waals surface area contributed by atoms with Gasteiger partial charge >= 0.3 is 0 Å². The number of fused-ring (bicyclic) bond motifs is 1. The van der Waals surface area contributed by atoms with E-state index in [0.717, 1.165) is 37.4 Å². The Hall–Kier alpha value is -2.86. The third kappa shape index (κ3) is 4.02. The van der Waals surface area contributed by atoms with Gasteiger partial charge < -0.3 is 9.42 Å². The number of aromatic nitrogens is 4. The van der Waals surface area contributed by atoms with E-state index in [1.165, 1.54) is 10.4 Å². The van der Waals surface area contributed by atoms with Crippen LogP contribution in [0.2, 0.25) is 0 Å². The highest BCUT2D eigenvalue weighted by Gasteiger charge is 2.41. The molecule has 1 amide bonds. The largest absolute Gasteiger partial charge is 0.342 e. The number of sulfonamides is 1. The van der Waals surface area contributed by atoms with Gasteiger partial charge in [0.1, 0.15) is 10.4 Å². The fraction of sp³-hybridized carbons (Fsp3) is 0.609. The zero-order valence-electron chi connectivity index (χ0n) is 19.6. The first kappa shape index (κ1) is 22.6. The zero-order valence-corrected chi connectivity index (χ0v) is 20.4.